The quantitative estimate of drug-likeness (QED) is 0.0512. The lowest BCUT2D eigenvalue weighted by molar-refractivity contribution is -0.133. The predicted molar refractivity (Wildman–Crippen MR) is 294 cm³/mol. The van der Waals surface area contributed by atoms with E-state index < -0.39 is 25.8 Å². The fourth-order valence-electron chi connectivity index (χ4n) is 11.6. The molecule has 4 aliphatic rings. The minimum atomic E-state index is -1.22. The number of hydrogen-bond acceptors (Lipinski definition) is 12. The van der Waals surface area contributed by atoms with E-state index in [4.69, 9.17) is 19.4 Å². The average molecular weight is 1040 g/mol. The Morgan fingerprint density at radius 1 is 0.907 bits per heavy atom. The number of aromatic nitrogens is 5. The van der Waals surface area contributed by atoms with Crippen molar-refractivity contribution in [2.24, 2.45) is 13.0 Å². The number of piperidine rings is 3. The number of nitrogens with one attached hydrogen (secondary N) is 2. The first kappa shape index (κ1) is 52.4. The van der Waals surface area contributed by atoms with Gasteiger partial charge in [0, 0.05) is 116 Å². The number of aryl methyl sites for hydroxylation is 1. The van der Waals surface area contributed by atoms with Gasteiger partial charge in [-0.2, -0.15) is 0 Å². The van der Waals surface area contributed by atoms with Gasteiger partial charge in [0.05, 0.1) is 22.9 Å². The molecule has 6 aromatic rings. The monoisotopic (exact) mass is 1040 g/mol. The highest BCUT2D eigenvalue weighted by Gasteiger charge is 2.31. The van der Waals surface area contributed by atoms with Crippen molar-refractivity contribution in [1.29, 1.82) is 0 Å². The highest BCUT2D eigenvalue weighted by molar-refractivity contribution is 6.76. The number of carbonyl (C=O) groups is 3. The topological polar surface area (TPSA) is 155 Å². The number of pyridine rings is 2. The number of amides is 3. The molecule has 3 amide bonds. The third-order valence-corrected chi connectivity index (χ3v) is 17.9. The summed E-state index contributed by atoms with van der Waals surface area (Å²) >= 11 is 0. The third-order valence-electron chi connectivity index (χ3n) is 16.2. The van der Waals surface area contributed by atoms with E-state index in [1.54, 1.807) is 13.3 Å². The number of carbonyl (C=O) groups excluding carboxylic acids is 3. The molecule has 2 aromatic carbocycles. The molecule has 0 spiro atoms. The normalized spacial score (nSPS) is 19.3. The molecule has 10 rings (SSSR count). The zero-order valence-corrected chi connectivity index (χ0v) is 45.6. The van der Waals surface area contributed by atoms with Gasteiger partial charge in [-0.3, -0.25) is 29.5 Å². The summed E-state index contributed by atoms with van der Waals surface area (Å²) in [4.78, 5) is 60.6. The molecule has 4 aliphatic heterocycles. The van der Waals surface area contributed by atoms with E-state index in [1.807, 2.05) is 28.1 Å². The zero-order valence-electron chi connectivity index (χ0n) is 44.6. The van der Waals surface area contributed by atoms with Crippen molar-refractivity contribution in [3.05, 3.63) is 102 Å². The van der Waals surface area contributed by atoms with E-state index in [-0.39, 0.29) is 24.3 Å². The van der Waals surface area contributed by atoms with Crippen molar-refractivity contribution in [1.82, 2.24) is 44.1 Å². The molecule has 0 radical (unpaired) electrons. The van der Waals surface area contributed by atoms with Gasteiger partial charge < -0.3 is 33.7 Å². The largest absolute Gasteiger partial charge is 0.377 e. The molecule has 2 N–H and O–H groups in total. The number of imide groups is 1. The third kappa shape index (κ3) is 11.8. The van der Waals surface area contributed by atoms with Crippen molar-refractivity contribution in [2.75, 3.05) is 82.8 Å². The number of fused-ring (bicyclic) bond motifs is 2. The molecule has 8 heterocycles. The molecule has 0 aliphatic carbocycles. The lowest BCUT2D eigenvalue weighted by Gasteiger charge is -2.39. The summed E-state index contributed by atoms with van der Waals surface area (Å²) < 4.78 is 31.4. The zero-order chi connectivity index (χ0) is 52.4. The van der Waals surface area contributed by atoms with Crippen molar-refractivity contribution in [3.8, 4) is 11.1 Å². The smallest absolute Gasteiger partial charge is 0.253 e. The number of benzene rings is 2. The Balaban J connectivity index is 0.691. The number of halogens is 1. The van der Waals surface area contributed by atoms with Crippen LogP contribution in [0.15, 0.2) is 73.1 Å². The van der Waals surface area contributed by atoms with Crippen LogP contribution in [0.2, 0.25) is 25.7 Å². The van der Waals surface area contributed by atoms with Gasteiger partial charge in [-0.05, 0) is 123 Å². The summed E-state index contributed by atoms with van der Waals surface area (Å²) in [6.45, 7) is 18.4. The number of imidazole rings is 1. The summed E-state index contributed by atoms with van der Waals surface area (Å²) in [5, 5.41) is 6.46. The number of piperazine rings is 1. The number of rotatable bonds is 17. The molecule has 4 aromatic heterocycles. The molecule has 0 bridgehead atoms. The summed E-state index contributed by atoms with van der Waals surface area (Å²) in [5.74, 6) is 1.10. The van der Waals surface area contributed by atoms with Crippen LogP contribution in [0.4, 0.5) is 15.9 Å². The fraction of sp³-hybridized carbons (Fsp3) is 0.509. The second kappa shape index (κ2) is 22.7. The Kier molecular flexibility index (Phi) is 15.8. The van der Waals surface area contributed by atoms with Crippen LogP contribution >= 0.6 is 0 Å². The molecule has 16 nitrogen and oxygen atoms in total. The number of likely N-dealkylation sites (tertiary alicyclic amines) is 2. The fourth-order valence-corrected chi connectivity index (χ4v) is 12.4. The molecular weight excluding hydrogens is 966 g/mol. The standard InChI is InChI=1S/C57H74FN11O5Si/c1-38(50-33-46-45(15-20-59-54(46)64(50)2)43-11-12-48-51(31-43)69(52(62-48)36-73-3)37-74-29-30-75(4,5)6)66-23-18-41(19-24-66)40-7-9-42(10-8-40)57(72)68-21-16-39(17-22-68)35-65-25-27-67(28-26-65)55-47(58)32-44(34-60-55)61-49-13-14-53(70)63-56(49)71/h7-12,15,20,31-34,38-39,41,49,61H,13-14,16-19,21-30,35-37H2,1-6H3,(H,63,70,71)/t38-,49?/m0/s1. The van der Waals surface area contributed by atoms with Gasteiger partial charge in [-0.25, -0.2) is 19.3 Å². The van der Waals surface area contributed by atoms with Crippen molar-refractivity contribution in [3.63, 3.8) is 0 Å². The van der Waals surface area contributed by atoms with Gasteiger partial charge >= 0.3 is 0 Å². The molecular formula is C57H74FN11O5Si. The van der Waals surface area contributed by atoms with Crippen LogP contribution in [0.3, 0.4) is 0 Å². The van der Waals surface area contributed by atoms with Crippen LogP contribution in [-0.4, -0.2) is 143 Å². The predicted octanol–water partition coefficient (Wildman–Crippen LogP) is 8.41. The Morgan fingerprint density at radius 3 is 2.37 bits per heavy atom. The summed E-state index contributed by atoms with van der Waals surface area (Å²) in [6, 6.07) is 21.5. The van der Waals surface area contributed by atoms with Crippen LogP contribution in [-0.2, 0) is 39.4 Å². The minimum Gasteiger partial charge on any atom is -0.377 e. The minimum absolute atomic E-state index is 0.110. The molecule has 4 saturated heterocycles. The maximum Gasteiger partial charge on any atom is 0.253 e. The van der Waals surface area contributed by atoms with Crippen molar-refractivity contribution < 1.29 is 28.2 Å². The first-order valence-corrected chi connectivity index (χ1v) is 30.8. The SMILES string of the molecule is COCc1nc2ccc(-c3ccnc4c3cc([C@H](C)N3CCC(c5ccc(C(=O)N6CCC(CN7CCN(c8ncc(NC9CCC(=O)NC9=O)cc8F)CC7)CC6)cc5)CC3)n4C)cc2n1COCC[Si](C)(C)C. The maximum absolute atomic E-state index is 15.2. The van der Waals surface area contributed by atoms with Crippen LogP contribution < -0.4 is 15.5 Å². The van der Waals surface area contributed by atoms with Crippen LogP contribution in [0.5, 0.6) is 0 Å². The van der Waals surface area contributed by atoms with Crippen molar-refractivity contribution >= 4 is 59.4 Å². The van der Waals surface area contributed by atoms with Crippen LogP contribution in [0.25, 0.3) is 33.2 Å². The summed E-state index contributed by atoms with van der Waals surface area (Å²) in [7, 11) is 2.63. The maximum atomic E-state index is 15.2. The van der Waals surface area contributed by atoms with Gasteiger partial charge in [-0.1, -0.05) is 37.8 Å². The Bertz CT molecular complexity index is 3000. The lowest BCUT2D eigenvalue weighted by Crippen LogP contribution is -2.49. The number of nitrogens with zero attached hydrogens (tertiary/aromatic N) is 9. The number of ether oxygens (including phenoxy) is 2. The second-order valence-electron chi connectivity index (χ2n) is 22.5. The second-order valence-corrected chi connectivity index (χ2v) is 28.1. The number of anilines is 2. The lowest BCUT2D eigenvalue weighted by atomic mass is 9.88. The number of hydrogen-bond donors (Lipinski definition) is 2. The van der Waals surface area contributed by atoms with E-state index in [0.717, 1.165) is 129 Å². The highest BCUT2D eigenvalue weighted by atomic mass is 28.3. The number of methoxy groups -OCH3 is 1. The van der Waals surface area contributed by atoms with E-state index in [1.165, 1.54) is 17.3 Å². The molecule has 4 fully saturated rings. The molecule has 2 atom stereocenters. The molecule has 18 heteroatoms. The van der Waals surface area contributed by atoms with Gasteiger partial charge in [0.25, 0.3) is 5.91 Å². The van der Waals surface area contributed by atoms with Gasteiger partial charge in [0.1, 0.15) is 30.9 Å². The van der Waals surface area contributed by atoms with Crippen LogP contribution in [0.1, 0.15) is 84.8 Å². The molecule has 398 valence electrons. The van der Waals surface area contributed by atoms with E-state index in [9.17, 15) is 14.4 Å². The van der Waals surface area contributed by atoms with E-state index in [2.05, 4.69) is 111 Å². The Hall–Kier alpha value is -6.05. The first-order chi connectivity index (χ1) is 36.2. The van der Waals surface area contributed by atoms with Gasteiger partial charge in [0.15, 0.2) is 11.6 Å². The average Bonchev–Trinajstić information content (AvgIpc) is 3.95. The highest BCUT2D eigenvalue weighted by Crippen LogP contribution is 2.37. The van der Waals surface area contributed by atoms with Crippen molar-refractivity contribution in [2.45, 2.75) is 102 Å². The van der Waals surface area contributed by atoms with E-state index >= 15 is 4.39 Å². The van der Waals surface area contributed by atoms with Crippen LogP contribution in [0, 0.1) is 11.7 Å². The molecule has 1 unspecified atom stereocenters. The molecule has 75 heavy (non-hydrogen) atoms. The molecule has 0 saturated carbocycles. The summed E-state index contributed by atoms with van der Waals surface area (Å²) in [5.41, 5.74) is 8.92. The van der Waals surface area contributed by atoms with E-state index in [0.29, 0.717) is 56.2 Å². The Morgan fingerprint density at radius 2 is 1.67 bits per heavy atom. The Labute approximate surface area is 441 Å². The first-order valence-electron chi connectivity index (χ1n) is 27.1. The van der Waals surface area contributed by atoms with Gasteiger partial charge in [-0.15, -0.1) is 0 Å². The van der Waals surface area contributed by atoms with Gasteiger partial charge in [0.2, 0.25) is 11.8 Å². The summed E-state index contributed by atoms with van der Waals surface area (Å²) in [6.07, 6.45) is 8.12.